The van der Waals surface area contributed by atoms with Crippen molar-refractivity contribution in [1.82, 2.24) is 15.1 Å². The average Bonchev–Trinajstić information content (AvgIpc) is 2.91. The summed E-state index contributed by atoms with van der Waals surface area (Å²) in [5.41, 5.74) is 0.654. The summed E-state index contributed by atoms with van der Waals surface area (Å²) in [6.07, 6.45) is 0.154. The number of ether oxygens (including phenoxy) is 1. The average molecular weight is 349 g/mol. The van der Waals surface area contributed by atoms with Gasteiger partial charge in [-0.05, 0) is 17.7 Å². The van der Waals surface area contributed by atoms with E-state index in [0.29, 0.717) is 12.1 Å². The third kappa shape index (κ3) is 4.16. The number of carbonyl (C=O) groups is 2. The van der Waals surface area contributed by atoms with Crippen LogP contribution >= 0.6 is 0 Å². The Kier molecular flexibility index (Phi) is 5.65. The summed E-state index contributed by atoms with van der Waals surface area (Å²) in [6, 6.07) is 5.70. The fourth-order valence-corrected chi connectivity index (χ4v) is 3.54. The van der Waals surface area contributed by atoms with Crippen molar-refractivity contribution in [2.45, 2.75) is 12.5 Å². The van der Waals surface area contributed by atoms with Crippen LogP contribution in [0.1, 0.15) is 18.0 Å². The van der Waals surface area contributed by atoms with Crippen LogP contribution < -0.4 is 5.32 Å². The quantitative estimate of drug-likeness (QED) is 0.854. The molecule has 0 bridgehead atoms. The van der Waals surface area contributed by atoms with E-state index in [0.717, 1.165) is 32.8 Å². The van der Waals surface area contributed by atoms with Gasteiger partial charge >= 0.3 is 0 Å². The molecule has 2 atom stereocenters. The van der Waals surface area contributed by atoms with Crippen LogP contribution in [0.5, 0.6) is 0 Å². The molecule has 1 aromatic carbocycles. The number of hydrogen-bond acceptors (Lipinski definition) is 4. The Morgan fingerprint density at radius 3 is 2.84 bits per heavy atom. The highest BCUT2D eigenvalue weighted by Crippen LogP contribution is 2.37. The molecule has 1 aromatic rings. The fourth-order valence-electron chi connectivity index (χ4n) is 3.54. The molecule has 7 heteroatoms. The Morgan fingerprint density at radius 2 is 2.12 bits per heavy atom. The molecule has 2 unspecified atom stereocenters. The lowest BCUT2D eigenvalue weighted by molar-refractivity contribution is -0.128. The maximum atomic E-state index is 13.6. The van der Waals surface area contributed by atoms with Crippen molar-refractivity contribution in [3.05, 3.63) is 35.6 Å². The summed E-state index contributed by atoms with van der Waals surface area (Å²) in [7, 11) is 1.67. The molecular weight excluding hydrogens is 325 g/mol. The Labute approximate surface area is 146 Å². The number of halogens is 1. The SMILES string of the molecule is CN1C(=O)CC(C(=O)NCCN2CCOCC2)C1c1cccc(F)c1. The Morgan fingerprint density at radius 1 is 1.36 bits per heavy atom. The lowest BCUT2D eigenvalue weighted by atomic mass is 9.93. The summed E-state index contributed by atoms with van der Waals surface area (Å²) in [6.45, 7) is 4.47. The van der Waals surface area contributed by atoms with Gasteiger partial charge in [0.2, 0.25) is 11.8 Å². The van der Waals surface area contributed by atoms with Crippen molar-refractivity contribution in [3.63, 3.8) is 0 Å². The number of benzene rings is 1. The normalized spacial score (nSPS) is 24.6. The van der Waals surface area contributed by atoms with Gasteiger partial charge in [-0.15, -0.1) is 0 Å². The predicted octanol–water partition coefficient (Wildman–Crippen LogP) is 0.794. The number of nitrogens with zero attached hydrogens (tertiary/aromatic N) is 2. The summed E-state index contributed by atoms with van der Waals surface area (Å²) in [5, 5.41) is 2.93. The van der Waals surface area contributed by atoms with Crippen LogP contribution in [0.2, 0.25) is 0 Å². The molecule has 0 radical (unpaired) electrons. The number of rotatable bonds is 5. The minimum atomic E-state index is -0.496. The van der Waals surface area contributed by atoms with Crippen LogP contribution in [-0.4, -0.2) is 68.1 Å². The molecule has 25 heavy (non-hydrogen) atoms. The first kappa shape index (κ1) is 17.8. The van der Waals surface area contributed by atoms with Crippen LogP contribution in [0.4, 0.5) is 4.39 Å². The molecule has 2 aliphatic heterocycles. The zero-order valence-electron chi connectivity index (χ0n) is 14.4. The maximum absolute atomic E-state index is 13.6. The highest BCUT2D eigenvalue weighted by atomic mass is 19.1. The molecule has 0 spiro atoms. The molecule has 0 saturated carbocycles. The second kappa shape index (κ2) is 7.93. The molecule has 2 fully saturated rings. The van der Waals surface area contributed by atoms with Crippen molar-refractivity contribution in [1.29, 1.82) is 0 Å². The summed E-state index contributed by atoms with van der Waals surface area (Å²) >= 11 is 0. The van der Waals surface area contributed by atoms with Gasteiger partial charge in [-0.1, -0.05) is 12.1 Å². The smallest absolute Gasteiger partial charge is 0.226 e. The molecule has 2 saturated heterocycles. The van der Waals surface area contributed by atoms with Gasteiger partial charge in [-0.2, -0.15) is 0 Å². The Balaban J connectivity index is 1.62. The molecule has 0 aromatic heterocycles. The molecule has 3 rings (SSSR count). The monoisotopic (exact) mass is 349 g/mol. The first-order valence-corrected chi connectivity index (χ1v) is 8.65. The van der Waals surface area contributed by atoms with E-state index in [1.807, 2.05) is 0 Å². The van der Waals surface area contributed by atoms with Crippen LogP contribution in [-0.2, 0) is 14.3 Å². The van der Waals surface area contributed by atoms with Crippen LogP contribution in [0, 0.1) is 11.7 Å². The third-order valence-corrected chi connectivity index (χ3v) is 4.94. The van der Waals surface area contributed by atoms with Gasteiger partial charge in [-0.3, -0.25) is 14.5 Å². The topological polar surface area (TPSA) is 61.9 Å². The van der Waals surface area contributed by atoms with E-state index in [1.165, 1.54) is 12.1 Å². The largest absolute Gasteiger partial charge is 0.379 e. The van der Waals surface area contributed by atoms with E-state index in [2.05, 4.69) is 10.2 Å². The van der Waals surface area contributed by atoms with Gasteiger partial charge in [0.25, 0.3) is 0 Å². The Bertz CT molecular complexity index is 634. The van der Waals surface area contributed by atoms with E-state index in [4.69, 9.17) is 4.74 Å². The maximum Gasteiger partial charge on any atom is 0.226 e. The van der Waals surface area contributed by atoms with Crippen LogP contribution in [0.3, 0.4) is 0 Å². The fraction of sp³-hybridized carbons (Fsp3) is 0.556. The number of likely N-dealkylation sites (tertiary alicyclic amines) is 1. The van der Waals surface area contributed by atoms with Gasteiger partial charge < -0.3 is 15.0 Å². The van der Waals surface area contributed by atoms with Gasteiger partial charge in [0.15, 0.2) is 0 Å². The van der Waals surface area contributed by atoms with Crippen LogP contribution in [0.15, 0.2) is 24.3 Å². The number of amides is 2. The van der Waals surface area contributed by atoms with Crippen molar-refractivity contribution in [2.75, 3.05) is 46.4 Å². The third-order valence-electron chi connectivity index (χ3n) is 4.94. The molecule has 2 heterocycles. The Hall–Kier alpha value is -1.99. The molecule has 2 aliphatic rings. The van der Waals surface area contributed by atoms with E-state index >= 15 is 0 Å². The minimum Gasteiger partial charge on any atom is -0.379 e. The summed E-state index contributed by atoms with van der Waals surface area (Å²) in [5.74, 6) is -1.11. The number of nitrogens with one attached hydrogen (secondary N) is 1. The molecule has 1 N–H and O–H groups in total. The van der Waals surface area contributed by atoms with E-state index < -0.39 is 12.0 Å². The molecule has 0 aliphatic carbocycles. The summed E-state index contributed by atoms with van der Waals surface area (Å²) < 4.78 is 18.9. The summed E-state index contributed by atoms with van der Waals surface area (Å²) in [4.78, 5) is 28.5. The van der Waals surface area contributed by atoms with Crippen molar-refractivity contribution < 1.29 is 18.7 Å². The van der Waals surface area contributed by atoms with Crippen molar-refractivity contribution >= 4 is 11.8 Å². The number of morpholine rings is 1. The van der Waals surface area contributed by atoms with Crippen molar-refractivity contribution in [2.24, 2.45) is 5.92 Å². The second-order valence-corrected chi connectivity index (χ2v) is 6.56. The van der Waals surface area contributed by atoms with Gasteiger partial charge in [-0.25, -0.2) is 4.39 Å². The second-order valence-electron chi connectivity index (χ2n) is 6.56. The van der Waals surface area contributed by atoms with E-state index in [1.54, 1.807) is 24.1 Å². The lowest BCUT2D eigenvalue weighted by Gasteiger charge is -2.27. The molecular formula is C18H24FN3O3. The molecule has 2 amide bonds. The number of hydrogen-bond donors (Lipinski definition) is 1. The van der Waals surface area contributed by atoms with Crippen molar-refractivity contribution in [3.8, 4) is 0 Å². The first-order valence-electron chi connectivity index (χ1n) is 8.65. The van der Waals surface area contributed by atoms with Crippen LogP contribution in [0.25, 0.3) is 0 Å². The van der Waals surface area contributed by atoms with Gasteiger partial charge in [0.05, 0.1) is 25.2 Å². The van der Waals surface area contributed by atoms with E-state index in [-0.39, 0.29) is 24.1 Å². The van der Waals surface area contributed by atoms with Gasteiger partial charge in [0.1, 0.15) is 5.82 Å². The van der Waals surface area contributed by atoms with E-state index in [9.17, 15) is 14.0 Å². The molecule has 6 nitrogen and oxygen atoms in total. The molecule has 136 valence electrons. The lowest BCUT2D eigenvalue weighted by Crippen LogP contribution is -2.43. The predicted molar refractivity (Wildman–Crippen MR) is 90.3 cm³/mol. The first-order chi connectivity index (χ1) is 12.1. The number of carbonyl (C=O) groups excluding carboxylic acids is 2. The highest BCUT2D eigenvalue weighted by molar-refractivity contribution is 5.90. The highest BCUT2D eigenvalue weighted by Gasteiger charge is 2.42. The standard InChI is InChI=1S/C18H24FN3O3/c1-21-16(23)12-15(17(21)13-3-2-4-14(19)11-13)18(24)20-5-6-22-7-9-25-10-8-22/h2-4,11,15,17H,5-10,12H2,1H3,(H,20,24). The minimum absolute atomic E-state index is 0.0948. The zero-order valence-corrected chi connectivity index (χ0v) is 14.4. The zero-order chi connectivity index (χ0) is 17.8. The van der Waals surface area contributed by atoms with Gasteiger partial charge in [0, 0.05) is 39.6 Å².